The summed E-state index contributed by atoms with van der Waals surface area (Å²) in [6, 6.07) is 10.7. The first kappa shape index (κ1) is 12.1. The average Bonchev–Trinajstić information content (AvgIpc) is 2.96. The minimum atomic E-state index is -0.185. The third-order valence-electron chi connectivity index (χ3n) is 3.92. The van der Waals surface area contributed by atoms with Crippen molar-refractivity contribution in [3.8, 4) is 11.3 Å². The lowest BCUT2D eigenvalue weighted by atomic mass is 10.1. The van der Waals surface area contributed by atoms with Crippen molar-refractivity contribution >= 4 is 5.65 Å². The number of aromatic amines is 1. The molecule has 0 spiro atoms. The molecule has 0 amide bonds. The van der Waals surface area contributed by atoms with Crippen molar-refractivity contribution in [1.82, 2.24) is 14.6 Å². The number of aromatic nitrogens is 3. The Labute approximate surface area is 119 Å². The molecule has 0 radical (unpaired) electrons. The predicted octanol–water partition coefficient (Wildman–Crippen LogP) is 1.54. The van der Waals surface area contributed by atoms with E-state index >= 15 is 0 Å². The summed E-state index contributed by atoms with van der Waals surface area (Å²) in [6.45, 7) is 0. The lowest BCUT2D eigenvalue weighted by Crippen LogP contribution is -2.25. The summed E-state index contributed by atoms with van der Waals surface area (Å²) in [5.74, 6) is 0. The molecular weight excluding hydrogens is 266 g/mol. The molecular formula is C16H13N3O2. The molecule has 0 unspecified atom stereocenters. The van der Waals surface area contributed by atoms with Crippen LogP contribution in [0.15, 0.2) is 46.0 Å². The summed E-state index contributed by atoms with van der Waals surface area (Å²) in [4.78, 5) is 27.9. The van der Waals surface area contributed by atoms with Crippen molar-refractivity contribution in [3.05, 3.63) is 68.2 Å². The van der Waals surface area contributed by atoms with Gasteiger partial charge in [0, 0.05) is 22.9 Å². The van der Waals surface area contributed by atoms with Crippen molar-refractivity contribution in [2.75, 3.05) is 0 Å². The van der Waals surface area contributed by atoms with E-state index in [4.69, 9.17) is 0 Å². The molecule has 2 heterocycles. The van der Waals surface area contributed by atoms with Gasteiger partial charge in [-0.05, 0) is 19.3 Å². The minimum Gasteiger partial charge on any atom is -0.343 e. The van der Waals surface area contributed by atoms with E-state index in [0.717, 1.165) is 36.1 Å². The maximum Gasteiger partial charge on any atom is 0.277 e. The van der Waals surface area contributed by atoms with E-state index in [1.54, 1.807) is 0 Å². The molecule has 0 saturated heterocycles. The number of nitrogens with zero attached hydrogens (tertiary/aromatic N) is 2. The number of nitrogens with one attached hydrogen (secondary N) is 1. The summed E-state index contributed by atoms with van der Waals surface area (Å²) in [6.07, 6.45) is 2.60. The van der Waals surface area contributed by atoms with Crippen LogP contribution in [0.3, 0.4) is 0 Å². The number of H-pyrrole nitrogens is 1. The topological polar surface area (TPSA) is 67.2 Å². The van der Waals surface area contributed by atoms with E-state index in [0.29, 0.717) is 11.3 Å². The van der Waals surface area contributed by atoms with Crippen molar-refractivity contribution in [2.24, 2.45) is 0 Å². The molecule has 1 N–H and O–H groups in total. The number of aryl methyl sites for hydroxylation is 1. The summed E-state index contributed by atoms with van der Waals surface area (Å²) < 4.78 is 1.31. The largest absolute Gasteiger partial charge is 0.343 e. The second-order valence-electron chi connectivity index (χ2n) is 5.26. The summed E-state index contributed by atoms with van der Waals surface area (Å²) in [5.41, 5.74) is 2.91. The molecule has 4 rings (SSSR count). The van der Waals surface area contributed by atoms with Crippen LogP contribution in [0.25, 0.3) is 16.9 Å². The van der Waals surface area contributed by atoms with Crippen LogP contribution in [0.1, 0.15) is 17.7 Å². The van der Waals surface area contributed by atoms with Crippen molar-refractivity contribution in [3.63, 3.8) is 0 Å². The molecule has 5 heteroatoms. The van der Waals surface area contributed by atoms with Gasteiger partial charge in [0.05, 0.1) is 0 Å². The molecule has 2 aromatic heterocycles. The van der Waals surface area contributed by atoms with Gasteiger partial charge < -0.3 is 4.98 Å². The normalized spacial score (nSPS) is 13.5. The van der Waals surface area contributed by atoms with E-state index in [9.17, 15) is 9.59 Å². The van der Waals surface area contributed by atoms with Gasteiger partial charge in [-0.3, -0.25) is 9.59 Å². The highest BCUT2D eigenvalue weighted by molar-refractivity contribution is 5.60. The zero-order valence-electron chi connectivity index (χ0n) is 11.3. The highest BCUT2D eigenvalue weighted by Crippen LogP contribution is 2.17. The maximum absolute atomic E-state index is 12.5. The SMILES string of the molecule is O=c1cc2[nH]c3c(c(=O)n2nc1-c1ccccc1)CCC3. The lowest BCUT2D eigenvalue weighted by molar-refractivity contribution is 0.843. The lowest BCUT2D eigenvalue weighted by Gasteiger charge is -2.06. The van der Waals surface area contributed by atoms with E-state index < -0.39 is 0 Å². The van der Waals surface area contributed by atoms with Gasteiger partial charge in [-0.2, -0.15) is 9.61 Å². The highest BCUT2D eigenvalue weighted by Gasteiger charge is 2.18. The molecule has 1 aliphatic carbocycles. The van der Waals surface area contributed by atoms with Crippen LogP contribution in [0.4, 0.5) is 0 Å². The molecule has 0 bridgehead atoms. The molecule has 0 saturated carbocycles. The molecule has 3 aromatic rings. The summed E-state index contributed by atoms with van der Waals surface area (Å²) in [7, 11) is 0. The first-order valence-electron chi connectivity index (χ1n) is 6.97. The van der Waals surface area contributed by atoms with Crippen molar-refractivity contribution in [1.29, 1.82) is 0 Å². The van der Waals surface area contributed by atoms with Gasteiger partial charge >= 0.3 is 0 Å². The number of hydrogen-bond donors (Lipinski definition) is 1. The van der Waals surface area contributed by atoms with Crippen LogP contribution in [-0.2, 0) is 12.8 Å². The van der Waals surface area contributed by atoms with Crippen LogP contribution >= 0.6 is 0 Å². The van der Waals surface area contributed by atoms with Crippen molar-refractivity contribution in [2.45, 2.75) is 19.3 Å². The molecule has 5 nitrogen and oxygen atoms in total. The summed E-state index contributed by atoms with van der Waals surface area (Å²) in [5, 5.41) is 4.28. The number of benzene rings is 1. The first-order valence-corrected chi connectivity index (χ1v) is 6.97. The molecule has 0 aliphatic heterocycles. The first-order chi connectivity index (χ1) is 10.2. The Morgan fingerprint density at radius 3 is 2.71 bits per heavy atom. The Hall–Kier alpha value is -2.69. The number of rotatable bonds is 1. The van der Waals surface area contributed by atoms with E-state index in [1.807, 2.05) is 30.3 Å². The smallest absolute Gasteiger partial charge is 0.277 e. The van der Waals surface area contributed by atoms with Crippen LogP contribution in [0, 0.1) is 0 Å². The van der Waals surface area contributed by atoms with Crippen LogP contribution in [-0.4, -0.2) is 14.6 Å². The fourth-order valence-electron chi connectivity index (χ4n) is 2.90. The van der Waals surface area contributed by atoms with E-state index in [-0.39, 0.29) is 11.0 Å². The zero-order valence-corrected chi connectivity index (χ0v) is 11.3. The second-order valence-corrected chi connectivity index (χ2v) is 5.26. The van der Waals surface area contributed by atoms with Gasteiger partial charge in [-0.15, -0.1) is 0 Å². The predicted molar refractivity (Wildman–Crippen MR) is 79.5 cm³/mol. The minimum absolute atomic E-state index is 0.117. The number of hydrogen-bond acceptors (Lipinski definition) is 3. The van der Waals surface area contributed by atoms with Crippen molar-refractivity contribution < 1.29 is 0 Å². The quantitative estimate of drug-likeness (QED) is 0.734. The molecule has 0 fully saturated rings. The maximum atomic E-state index is 12.5. The third kappa shape index (κ3) is 1.81. The Bertz CT molecular complexity index is 955. The van der Waals surface area contributed by atoms with E-state index in [2.05, 4.69) is 10.1 Å². The second kappa shape index (κ2) is 4.41. The third-order valence-corrected chi connectivity index (χ3v) is 3.92. The van der Waals surface area contributed by atoms with Gasteiger partial charge in [0.2, 0.25) is 5.43 Å². The highest BCUT2D eigenvalue weighted by atomic mass is 16.1. The molecule has 21 heavy (non-hydrogen) atoms. The molecule has 1 aliphatic rings. The fourth-order valence-corrected chi connectivity index (χ4v) is 2.90. The fraction of sp³-hybridized carbons (Fsp3) is 0.188. The van der Waals surface area contributed by atoms with Gasteiger partial charge in [0.15, 0.2) is 0 Å². The monoisotopic (exact) mass is 279 g/mol. The van der Waals surface area contributed by atoms with Crippen LogP contribution in [0.2, 0.25) is 0 Å². The van der Waals surface area contributed by atoms with Gasteiger partial charge in [-0.25, -0.2) is 0 Å². The Morgan fingerprint density at radius 2 is 1.90 bits per heavy atom. The van der Waals surface area contributed by atoms with Gasteiger partial charge in [-0.1, -0.05) is 30.3 Å². The van der Waals surface area contributed by atoms with Crippen LogP contribution in [0.5, 0.6) is 0 Å². The Morgan fingerprint density at radius 1 is 1.10 bits per heavy atom. The zero-order chi connectivity index (χ0) is 14.4. The molecule has 0 atom stereocenters. The Kier molecular flexibility index (Phi) is 2.54. The van der Waals surface area contributed by atoms with Crippen LogP contribution < -0.4 is 11.0 Å². The van der Waals surface area contributed by atoms with E-state index in [1.165, 1.54) is 10.6 Å². The Balaban J connectivity index is 2.06. The van der Waals surface area contributed by atoms with Gasteiger partial charge in [0.1, 0.15) is 11.3 Å². The van der Waals surface area contributed by atoms with Gasteiger partial charge in [0.25, 0.3) is 5.56 Å². The molecule has 1 aromatic carbocycles. The number of fused-ring (bicyclic) bond motifs is 2. The summed E-state index contributed by atoms with van der Waals surface area (Å²) >= 11 is 0. The standard InChI is InChI=1S/C16H13N3O2/c20-13-9-14-17-12-8-4-7-11(12)16(21)19(14)18-15(13)10-5-2-1-3-6-10/h1-3,5-6,9,17H,4,7-8H2. The molecule has 104 valence electrons. The average molecular weight is 279 g/mol.